The van der Waals surface area contributed by atoms with Gasteiger partial charge in [0.25, 0.3) is 5.56 Å². The average molecular weight is 497 g/mol. The maximum atomic E-state index is 13.0. The van der Waals surface area contributed by atoms with Gasteiger partial charge in [0.05, 0.1) is 35.0 Å². The molecule has 0 radical (unpaired) electrons. The van der Waals surface area contributed by atoms with Crippen molar-refractivity contribution >= 4 is 32.4 Å². The van der Waals surface area contributed by atoms with Crippen molar-refractivity contribution in [3.63, 3.8) is 0 Å². The molecule has 0 aliphatic carbocycles. The molecule has 1 atom stereocenters. The zero-order valence-corrected chi connectivity index (χ0v) is 20.8. The van der Waals surface area contributed by atoms with Crippen LogP contribution in [0, 0.1) is 11.3 Å². The van der Waals surface area contributed by atoms with E-state index in [1.165, 1.54) is 4.31 Å². The molecule has 2 N–H and O–H groups in total. The lowest BCUT2D eigenvalue weighted by molar-refractivity contribution is -0.00174. The van der Waals surface area contributed by atoms with Gasteiger partial charge < -0.3 is 15.0 Å². The van der Waals surface area contributed by atoms with Crippen molar-refractivity contribution in [2.45, 2.75) is 62.6 Å². The molecule has 0 spiro atoms. The summed E-state index contributed by atoms with van der Waals surface area (Å²) in [5.41, 5.74) is 0.397. The Balaban J connectivity index is 1.58. The predicted molar refractivity (Wildman–Crippen MR) is 131 cm³/mol. The van der Waals surface area contributed by atoms with Gasteiger partial charge in [0.2, 0.25) is 10.0 Å². The Morgan fingerprint density at radius 3 is 2.80 bits per heavy atom. The fourth-order valence-electron chi connectivity index (χ4n) is 5.02. The summed E-state index contributed by atoms with van der Waals surface area (Å²) >= 11 is 0. The first-order chi connectivity index (χ1) is 16.6. The third kappa shape index (κ3) is 3.82. The van der Waals surface area contributed by atoms with E-state index in [9.17, 15) is 18.5 Å². The number of rotatable bonds is 4. The van der Waals surface area contributed by atoms with Crippen molar-refractivity contribution in [2.24, 2.45) is 0 Å². The normalized spacial score (nSPS) is 22.1. The Morgan fingerprint density at radius 1 is 1.31 bits per heavy atom. The van der Waals surface area contributed by atoms with E-state index >= 15 is 0 Å². The predicted octanol–water partition coefficient (Wildman–Crippen LogP) is 3.19. The first-order valence-electron chi connectivity index (χ1n) is 11.6. The van der Waals surface area contributed by atoms with Gasteiger partial charge in [0.15, 0.2) is 5.82 Å². The van der Waals surface area contributed by atoms with Crippen molar-refractivity contribution in [3.05, 3.63) is 46.4 Å². The van der Waals surface area contributed by atoms with Crippen molar-refractivity contribution in [3.8, 4) is 6.07 Å². The molecule has 1 fully saturated rings. The van der Waals surface area contributed by atoms with Gasteiger partial charge >= 0.3 is 0 Å². The lowest BCUT2D eigenvalue weighted by Crippen LogP contribution is -2.42. The van der Waals surface area contributed by atoms with Gasteiger partial charge in [-0.15, -0.1) is 0 Å². The molecule has 0 saturated carbocycles. The van der Waals surface area contributed by atoms with Crippen LogP contribution in [0.5, 0.6) is 0 Å². The molecule has 1 unspecified atom stereocenters. The molecular weight excluding hydrogens is 468 g/mol. The average Bonchev–Trinajstić information content (AvgIpc) is 3.30. The van der Waals surface area contributed by atoms with Crippen LogP contribution in [0.1, 0.15) is 45.6 Å². The number of aromatic nitrogens is 3. The molecule has 1 aromatic carbocycles. The van der Waals surface area contributed by atoms with E-state index in [4.69, 9.17) is 9.84 Å². The van der Waals surface area contributed by atoms with Gasteiger partial charge in [0, 0.05) is 30.6 Å². The highest BCUT2D eigenvalue weighted by atomic mass is 32.2. The molecule has 2 aliphatic heterocycles. The second-order valence-corrected chi connectivity index (χ2v) is 12.0. The molecule has 2 aliphatic rings. The molecule has 0 bridgehead atoms. The smallest absolute Gasteiger partial charge is 0.261 e. The van der Waals surface area contributed by atoms with Crippen molar-refractivity contribution < 1.29 is 13.2 Å². The van der Waals surface area contributed by atoms with Crippen LogP contribution in [0.3, 0.4) is 0 Å². The van der Waals surface area contributed by atoms with Gasteiger partial charge in [-0.1, -0.05) is 0 Å². The number of hydrogen-bond donors (Lipinski definition) is 2. The van der Waals surface area contributed by atoms with Crippen LogP contribution in [0.4, 0.5) is 11.5 Å². The fraction of sp³-hybridized carbons (Fsp3) is 0.458. The Kier molecular flexibility index (Phi) is 5.51. The molecule has 4 heterocycles. The number of pyridine rings is 1. The highest BCUT2D eigenvalue weighted by Gasteiger charge is 2.41. The first-order valence-corrected chi connectivity index (χ1v) is 13.0. The van der Waals surface area contributed by atoms with Crippen LogP contribution in [-0.4, -0.2) is 46.2 Å². The van der Waals surface area contributed by atoms with Crippen LogP contribution < -0.4 is 10.9 Å². The van der Waals surface area contributed by atoms with Crippen LogP contribution in [0.2, 0.25) is 0 Å². The first kappa shape index (κ1) is 23.5. The summed E-state index contributed by atoms with van der Waals surface area (Å²) in [4.78, 5) is 15.8. The third-order valence-corrected chi connectivity index (χ3v) is 8.93. The fourth-order valence-corrected chi connectivity index (χ4v) is 6.98. The summed E-state index contributed by atoms with van der Waals surface area (Å²) in [5.74, 6) is 0.346. The number of anilines is 2. The Labute approximate surface area is 203 Å². The second-order valence-electron chi connectivity index (χ2n) is 10.2. The van der Waals surface area contributed by atoms with Crippen LogP contribution in [0.15, 0.2) is 40.2 Å². The minimum Gasteiger partial charge on any atom is -0.379 e. The number of nitriles is 1. The molecule has 184 valence electrons. The zero-order chi connectivity index (χ0) is 25.0. The molecule has 10 nitrogen and oxygen atoms in total. The molecule has 11 heteroatoms. The van der Waals surface area contributed by atoms with Gasteiger partial charge in [-0.25, -0.2) is 8.42 Å². The Hall–Kier alpha value is -3.20. The van der Waals surface area contributed by atoms with E-state index in [-0.39, 0.29) is 18.5 Å². The summed E-state index contributed by atoms with van der Waals surface area (Å²) in [6, 6.07) is 9.09. The second kappa shape index (κ2) is 8.19. The molecule has 35 heavy (non-hydrogen) atoms. The topological polar surface area (TPSA) is 133 Å². The number of nitrogens with one attached hydrogen (secondary N) is 2. The Bertz CT molecular complexity index is 1500. The number of fused-ring (bicyclic) bond motifs is 2. The summed E-state index contributed by atoms with van der Waals surface area (Å²) in [5, 5.41) is 17.9. The number of sulfonamides is 1. The summed E-state index contributed by atoms with van der Waals surface area (Å²) < 4.78 is 35.0. The van der Waals surface area contributed by atoms with Crippen molar-refractivity contribution in [1.82, 2.24) is 19.1 Å². The number of H-pyrrole nitrogens is 1. The largest absolute Gasteiger partial charge is 0.379 e. The van der Waals surface area contributed by atoms with Gasteiger partial charge in [0.1, 0.15) is 5.39 Å². The maximum Gasteiger partial charge on any atom is 0.261 e. The minimum atomic E-state index is -3.57. The molecule has 3 aromatic rings. The number of hydrogen-bond acceptors (Lipinski definition) is 7. The summed E-state index contributed by atoms with van der Waals surface area (Å²) in [7, 11) is -3.57. The molecule has 2 aromatic heterocycles. The monoisotopic (exact) mass is 496 g/mol. The highest BCUT2D eigenvalue weighted by molar-refractivity contribution is 7.89. The standard InChI is InChI=1S/C24H28N6O4S/c1-23(2,3)29-14-16-13-17(5-6-19(16)35(29,32)33)27-21-20-18(7-11-26-22(20)31)30(28-21)24(9-10-25)8-4-12-34-15-24/h5-7,11,13H,4,8-9,12,14-15H2,1-3H3,(H,26,31)(H,27,28). The number of nitrogens with zero attached hydrogens (tertiary/aromatic N) is 4. The SMILES string of the molecule is CC(C)(C)N1Cc2cc(Nc3nn(C4(CC#N)CCCOC4)c4cc[nH]c(=O)c34)ccc2S1(=O)=O. The molecule has 0 amide bonds. The van der Waals surface area contributed by atoms with Crippen molar-refractivity contribution in [1.29, 1.82) is 5.26 Å². The van der Waals surface area contributed by atoms with E-state index < -0.39 is 21.1 Å². The lowest BCUT2D eigenvalue weighted by atomic mass is 9.89. The van der Waals surface area contributed by atoms with E-state index in [1.54, 1.807) is 35.1 Å². The summed E-state index contributed by atoms with van der Waals surface area (Å²) in [6.07, 6.45) is 3.27. The van der Waals surface area contributed by atoms with Crippen molar-refractivity contribution in [2.75, 3.05) is 18.5 Å². The molecule has 1 saturated heterocycles. The van der Waals surface area contributed by atoms with E-state index in [0.717, 1.165) is 6.42 Å². The van der Waals surface area contributed by atoms with Crippen LogP contribution in [0.25, 0.3) is 10.9 Å². The van der Waals surface area contributed by atoms with Gasteiger partial charge in [-0.2, -0.15) is 14.7 Å². The zero-order valence-electron chi connectivity index (χ0n) is 20.0. The third-order valence-electron chi connectivity index (χ3n) is 6.72. The number of benzene rings is 1. The van der Waals surface area contributed by atoms with Gasteiger partial charge in [-0.05, 0) is 63.4 Å². The van der Waals surface area contributed by atoms with Crippen LogP contribution in [-0.2, 0) is 26.8 Å². The maximum absolute atomic E-state index is 13.0. The number of aromatic amines is 1. The highest BCUT2D eigenvalue weighted by Crippen LogP contribution is 2.38. The summed E-state index contributed by atoms with van der Waals surface area (Å²) in [6.45, 7) is 6.84. The quantitative estimate of drug-likeness (QED) is 0.567. The van der Waals surface area contributed by atoms with Gasteiger partial charge in [-0.3, -0.25) is 9.48 Å². The molecule has 5 rings (SSSR count). The van der Waals surface area contributed by atoms with Crippen LogP contribution >= 0.6 is 0 Å². The van der Waals surface area contributed by atoms with E-state index in [1.807, 2.05) is 20.8 Å². The minimum absolute atomic E-state index is 0.204. The molecular formula is C24H28N6O4S. The van der Waals surface area contributed by atoms with E-state index in [2.05, 4.69) is 16.4 Å². The number of ether oxygens (including phenoxy) is 1. The lowest BCUT2D eigenvalue weighted by Gasteiger charge is -2.35. The Morgan fingerprint density at radius 2 is 2.11 bits per heavy atom. The van der Waals surface area contributed by atoms with E-state index in [0.29, 0.717) is 52.5 Å².